The van der Waals surface area contributed by atoms with Crippen LogP contribution in [0.5, 0.6) is 0 Å². The molecule has 1 fully saturated rings. The van der Waals surface area contributed by atoms with Gasteiger partial charge in [0.25, 0.3) is 5.91 Å². The van der Waals surface area contributed by atoms with Crippen molar-refractivity contribution in [2.45, 2.75) is 38.6 Å². The summed E-state index contributed by atoms with van der Waals surface area (Å²) in [5.74, 6) is 0.0436. The summed E-state index contributed by atoms with van der Waals surface area (Å²) in [6.07, 6.45) is 11.0. The number of carbonyl (C=O) groups excluding carboxylic acids is 1. The van der Waals surface area contributed by atoms with Crippen LogP contribution in [0, 0.1) is 6.92 Å². The van der Waals surface area contributed by atoms with Crippen LogP contribution in [0.3, 0.4) is 0 Å². The number of rotatable bonds is 4. The van der Waals surface area contributed by atoms with Gasteiger partial charge in [0.1, 0.15) is 5.56 Å². The molecular formula is C19H21N5O. The molecule has 0 radical (unpaired) electrons. The van der Waals surface area contributed by atoms with Crippen LogP contribution in [0.1, 0.15) is 40.9 Å². The van der Waals surface area contributed by atoms with Crippen LogP contribution in [0.2, 0.25) is 0 Å². The molecule has 0 spiro atoms. The Hall–Kier alpha value is -2.76. The number of aryl methyl sites for hydroxylation is 2. The zero-order valence-corrected chi connectivity index (χ0v) is 14.3. The lowest BCUT2D eigenvalue weighted by atomic mass is 10.0. The summed E-state index contributed by atoms with van der Waals surface area (Å²) >= 11 is 0. The Balaban J connectivity index is 1.50. The van der Waals surface area contributed by atoms with Crippen molar-refractivity contribution in [1.29, 1.82) is 0 Å². The molecule has 3 aromatic heterocycles. The summed E-state index contributed by atoms with van der Waals surface area (Å²) in [5.41, 5.74) is 3.54. The molecule has 1 aliphatic heterocycles. The van der Waals surface area contributed by atoms with Gasteiger partial charge in [-0.05, 0) is 56.4 Å². The van der Waals surface area contributed by atoms with Gasteiger partial charge in [0.05, 0.1) is 6.20 Å². The van der Waals surface area contributed by atoms with Crippen molar-refractivity contribution in [3.63, 3.8) is 0 Å². The molecule has 0 saturated carbocycles. The monoisotopic (exact) mass is 335 g/mol. The molecule has 3 aromatic rings. The number of nitrogens with zero attached hydrogens (tertiary/aromatic N) is 5. The number of pyridine rings is 1. The zero-order chi connectivity index (χ0) is 17.2. The molecular weight excluding hydrogens is 314 g/mol. The van der Waals surface area contributed by atoms with E-state index in [2.05, 4.69) is 27.2 Å². The summed E-state index contributed by atoms with van der Waals surface area (Å²) < 4.78 is 1.65. The van der Waals surface area contributed by atoms with E-state index in [1.807, 2.05) is 30.3 Å². The first-order valence-corrected chi connectivity index (χ1v) is 8.73. The third-order valence-electron chi connectivity index (χ3n) is 4.88. The normalized spacial score (nSPS) is 17.3. The van der Waals surface area contributed by atoms with Gasteiger partial charge in [-0.3, -0.25) is 9.78 Å². The second-order valence-electron chi connectivity index (χ2n) is 6.58. The first-order chi connectivity index (χ1) is 12.2. The molecule has 0 aliphatic carbocycles. The van der Waals surface area contributed by atoms with Gasteiger partial charge in [-0.1, -0.05) is 0 Å². The van der Waals surface area contributed by atoms with Gasteiger partial charge in [-0.15, -0.1) is 0 Å². The first-order valence-electron chi connectivity index (χ1n) is 8.73. The molecule has 1 saturated heterocycles. The van der Waals surface area contributed by atoms with Crippen molar-refractivity contribution in [1.82, 2.24) is 24.5 Å². The Bertz CT molecular complexity index is 903. The van der Waals surface area contributed by atoms with Crippen molar-refractivity contribution in [2.24, 2.45) is 0 Å². The molecule has 0 bridgehead atoms. The summed E-state index contributed by atoms with van der Waals surface area (Å²) in [5, 5.41) is 4.24. The van der Waals surface area contributed by atoms with Gasteiger partial charge < -0.3 is 4.90 Å². The molecule has 1 unspecified atom stereocenters. The van der Waals surface area contributed by atoms with Crippen molar-refractivity contribution >= 4 is 11.6 Å². The average molecular weight is 335 g/mol. The highest BCUT2D eigenvalue weighted by Gasteiger charge is 2.30. The fourth-order valence-electron chi connectivity index (χ4n) is 3.63. The lowest BCUT2D eigenvalue weighted by molar-refractivity contribution is 0.0732. The minimum absolute atomic E-state index is 0.0436. The quantitative estimate of drug-likeness (QED) is 0.735. The highest BCUT2D eigenvalue weighted by molar-refractivity contribution is 5.99. The van der Waals surface area contributed by atoms with E-state index in [1.165, 1.54) is 5.56 Å². The molecule has 0 aromatic carbocycles. The summed E-state index contributed by atoms with van der Waals surface area (Å²) in [6.45, 7) is 2.82. The molecule has 4 rings (SSSR count). The summed E-state index contributed by atoms with van der Waals surface area (Å²) in [7, 11) is 0. The first kappa shape index (κ1) is 15.7. The van der Waals surface area contributed by atoms with Crippen LogP contribution in [-0.2, 0) is 6.42 Å². The van der Waals surface area contributed by atoms with Gasteiger partial charge in [0.15, 0.2) is 5.65 Å². The molecule has 1 aliphatic rings. The smallest absolute Gasteiger partial charge is 0.259 e. The van der Waals surface area contributed by atoms with E-state index in [0.717, 1.165) is 37.9 Å². The van der Waals surface area contributed by atoms with Crippen molar-refractivity contribution in [3.8, 4) is 0 Å². The molecule has 0 N–H and O–H groups in total. The maximum Gasteiger partial charge on any atom is 0.259 e. The average Bonchev–Trinajstić information content (AvgIpc) is 3.26. The van der Waals surface area contributed by atoms with Gasteiger partial charge in [-0.2, -0.15) is 5.10 Å². The van der Waals surface area contributed by atoms with Crippen molar-refractivity contribution in [3.05, 3.63) is 59.8 Å². The Morgan fingerprint density at radius 1 is 1.32 bits per heavy atom. The number of aromatic nitrogens is 4. The predicted octanol–water partition coefficient (Wildman–Crippen LogP) is 2.67. The third-order valence-corrected chi connectivity index (χ3v) is 4.88. The number of hydrogen-bond donors (Lipinski definition) is 0. The van der Waals surface area contributed by atoms with Gasteiger partial charge in [0.2, 0.25) is 0 Å². The standard InChI is InChI=1S/C19H21N5O/c1-14-12-15(7-9-20-14)5-6-16-4-2-10-23(16)19(25)17-13-22-24-11-3-8-21-18(17)24/h3,7-9,11-13,16H,2,4-6,10H2,1H3. The zero-order valence-electron chi connectivity index (χ0n) is 14.3. The largest absolute Gasteiger partial charge is 0.335 e. The molecule has 128 valence electrons. The maximum absolute atomic E-state index is 13.0. The maximum atomic E-state index is 13.0. The number of carbonyl (C=O) groups is 1. The summed E-state index contributed by atoms with van der Waals surface area (Å²) in [4.78, 5) is 23.6. The molecule has 1 amide bonds. The van der Waals surface area contributed by atoms with E-state index < -0.39 is 0 Å². The summed E-state index contributed by atoms with van der Waals surface area (Å²) in [6, 6.07) is 6.27. The highest BCUT2D eigenvalue weighted by atomic mass is 16.2. The molecule has 4 heterocycles. The van der Waals surface area contributed by atoms with Crippen LogP contribution in [0.25, 0.3) is 5.65 Å². The SMILES string of the molecule is Cc1cc(CCC2CCCN2C(=O)c2cnn3cccnc23)ccn1. The predicted molar refractivity (Wildman–Crippen MR) is 94.3 cm³/mol. The topological polar surface area (TPSA) is 63.4 Å². The van der Waals surface area contributed by atoms with E-state index in [1.54, 1.807) is 16.9 Å². The minimum Gasteiger partial charge on any atom is -0.335 e. The lowest BCUT2D eigenvalue weighted by Gasteiger charge is -2.24. The number of amides is 1. The van der Waals surface area contributed by atoms with Crippen LogP contribution in [0.4, 0.5) is 0 Å². The van der Waals surface area contributed by atoms with Gasteiger partial charge in [-0.25, -0.2) is 9.50 Å². The Morgan fingerprint density at radius 3 is 3.12 bits per heavy atom. The molecule has 6 heteroatoms. The van der Waals surface area contributed by atoms with Crippen LogP contribution in [-0.4, -0.2) is 43.0 Å². The molecule has 25 heavy (non-hydrogen) atoms. The van der Waals surface area contributed by atoms with E-state index in [4.69, 9.17) is 0 Å². The van der Waals surface area contributed by atoms with Crippen LogP contribution in [0.15, 0.2) is 43.0 Å². The van der Waals surface area contributed by atoms with E-state index >= 15 is 0 Å². The third kappa shape index (κ3) is 3.12. The number of hydrogen-bond acceptors (Lipinski definition) is 4. The Morgan fingerprint density at radius 2 is 2.24 bits per heavy atom. The van der Waals surface area contributed by atoms with Crippen LogP contribution >= 0.6 is 0 Å². The fraction of sp³-hybridized carbons (Fsp3) is 0.368. The Kier molecular flexibility index (Phi) is 4.17. The van der Waals surface area contributed by atoms with E-state index in [9.17, 15) is 4.79 Å². The van der Waals surface area contributed by atoms with E-state index in [-0.39, 0.29) is 11.9 Å². The molecule has 1 atom stereocenters. The van der Waals surface area contributed by atoms with Gasteiger partial charge in [0, 0.05) is 36.9 Å². The highest BCUT2D eigenvalue weighted by Crippen LogP contribution is 2.25. The second-order valence-corrected chi connectivity index (χ2v) is 6.58. The van der Waals surface area contributed by atoms with Crippen molar-refractivity contribution < 1.29 is 4.79 Å². The second kappa shape index (κ2) is 6.63. The van der Waals surface area contributed by atoms with Crippen LogP contribution < -0.4 is 0 Å². The minimum atomic E-state index is 0.0436. The van der Waals surface area contributed by atoms with E-state index in [0.29, 0.717) is 11.2 Å². The van der Waals surface area contributed by atoms with Crippen molar-refractivity contribution in [2.75, 3.05) is 6.54 Å². The number of likely N-dealkylation sites (tertiary alicyclic amines) is 1. The van der Waals surface area contributed by atoms with Gasteiger partial charge >= 0.3 is 0 Å². The Labute approximate surface area is 146 Å². The molecule has 6 nitrogen and oxygen atoms in total. The lowest BCUT2D eigenvalue weighted by Crippen LogP contribution is -2.35. The number of fused-ring (bicyclic) bond motifs is 1. The fourth-order valence-corrected chi connectivity index (χ4v) is 3.63.